The summed E-state index contributed by atoms with van der Waals surface area (Å²) in [6.07, 6.45) is 1.71. The highest BCUT2D eigenvalue weighted by Gasteiger charge is 2.05. The molecule has 2 aromatic rings. The van der Waals surface area contributed by atoms with Gasteiger partial charge in [-0.15, -0.1) is 0 Å². The Morgan fingerprint density at radius 2 is 2.07 bits per heavy atom. The van der Waals surface area contributed by atoms with Crippen molar-refractivity contribution in [3.8, 4) is 10.6 Å². The highest BCUT2D eigenvalue weighted by atomic mass is 32.1. The van der Waals surface area contributed by atoms with E-state index in [0.717, 1.165) is 10.0 Å². The Bertz CT molecular complexity index is 460. The fourth-order valence-electron chi connectivity index (χ4n) is 1.46. The summed E-state index contributed by atoms with van der Waals surface area (Å²) in [6, 6.07) is 6.36. The largest absolute Gasteiger partial charge is 0.389 e. The standard InChI is InChI=1S/C11H12N2S/c1-7-3-4-9(8(2)5-7)11-13-6-10(12)14-11/h3-6H,12H2,1-2H3. The summed E-state index contributed by atoms with van der Waals surface area (Å²) in [7, 11) is 0. The third kappa shape index (κ3) is 1.63. The molecule has 0 atom stereocenters. The fraction of sp³-hybridized carbons (Fsp3) is 0.182. The number of benzene rings is 1. The fourth-order valence-corrected chi connectivity index (χ4v) is 2.24. The second-order valence-corrected chi connectivity index (χ2v) is 4.45. The van der Waals surface area contributed by atoms with Crippen LogP contribution in [0.2, 0.25) is 0 Å². The Labute approximate surface area is 87.4 Å². The van der Waals surface area contributed by atoms with Gasteiger partial charge >= 0.3 is 0 Å². The average Bonchev–Trinajstić information content (AvgIpc) is 2.51. The summed E-state index contributed by atoms with van der Waals surface area (Å²) < 4.78 is 0. The molecule has 14 heavy (non-hydrogen) atoms. The Hall–Kier alpha value is -1.35. The van der Waals surface area contributed by atoms with E-state index >= 15 is 0 Å². The van der Waals surface area contributed by atoms with Crippen molar-refractivity contribution in [2.75, 3.05) is 5.73 Å². The first kappa shape index (κ1) is 9.21. The second kappa shape index (κ2) is 3.42. The molecule has 2 N–H and O–H groups in total. The van der Waals surface area contributed by atoms with Crippen LogP contribution < -0.4 is 5.73 Å². The lowest BCUT2D eigenvalue weighted by molar-refractivity contribution is 1.35. The molecule has 72 valence electrons. The number of nitrogen functional groups attached to an aromatic ring is 1. The molecule has 0 fully saturated rings. The zero-order valence-electron chi connectivity index (χ0n) is 8.24. The number of thiazole rings is 1. The van der Waals surface area contributed by atoms with Crippen LogP contribution in [0.1, 0.15) is 11.1 Å². The lowest BCUT2D eigenvalue weighted by Crippen LogP contribution is -1.82. The Morgan fingerprint density at radius 3 is 2.64 bits per heavy atom. The van der Waals surface area contributed by atoms with Gasteiger partial charge in [0.05, 0.1) is 6.20 Å². The molecule has 1 aromatic heterocycles. The molecule has 0 saturated carbocycles. The van der Waals surface area contributed by atoms with E-state index in [4.69, 9.17) is 5.73 Å². The van der Waals surface area contributed by atoms with Gasteiger partial charge in [0, 0.05) is 5.56 Å². The van der Waals surface area contributed by atoms with E-state index in [2.05, 4.69) is 37.0 Å². The van der Waals surface area contributed by atoms with E-state index in [1.807, 2.05) is 0 Å². The van der Waals surface area contributed by atoms with Crippen molar-refractivity contribution in [3.63, 3.8) is 0 Å². The smallest absolute Gasteiger partial charge is 0.125 e. The molecule has 2 nitrogen and oxygen atoms in total. The molecule has 0 unspecified atom stereocenters. The van der Waals surface area contributed by atoms with Gasteiger partial charge in [-0.05, 0) is 19.4 Å². The molecule has 0 amide bonds. The number of anilines is 1. The number of rotatable bonds is 1. The SMILES string of the molecule is Cc1ccc(-c2ncc(N)s2)c(C)c1. The third-order valence-electron chi connectivity index (χ3n) is 2.14. The highest BCUT2D eigenvalue weighted by molar-refractivity contribution is 7.18. The number of nitrogens with zero attached hydrogens (tertiary/aromatic N) is 1. The lowest BCUT2D eigenvalue weighted by atomic mass is 10.1. The number of nitrogens with two attached hydrogens (primary N) is 1. The minimum Gasteiger partial charge on any atom is -0.389 e. The predicted octanol–water partition coefficient (Wildman–Crippen LogP) is 3.01. The monoisotopic (exact) mass is 204 g/mol. The van der Waals surface area contributed by atoms with Crippen LogP contribution in [0.3, 0.4) is 0 Å². The first-order valence-electron chi connectivity index (χ1n) is 4.46. The van der Waals surface area contributed by atoms with Gasteiger partial charge in [0.25, 0.3) is 0 Å². The molecule has 0 aliphatic carbocycles. The highest BCUT2D eigenvalue weighted by Crippen LogP contribution is 2.29. The Kier molecular flexibility index (Phi) is 2.25. The van der Waals surface area contributed by atoms with Crippen LogP contribution in [0.25, 0.3) is 10.6 Å². The first-order chi connectivity index (χ1) is 6.66. The van der Waals surface area contributed by atoms with Crippen molar-refractivity contribution >= 4 is 16.3 Å². The Balaban J connectivity index is 2.52. The van der Waals surface area contributed by atoms with Gasteiger partial charge in [0.1, 0.15) is 10.0 Å². The summed E-state index contributed by atoms with van der Waals surface area (Å²) in [6.45, 7) is 4.19. The van der Waals surface area contributed by atoms with Crippen molar-refractivity contribution in [1.82, 2.24) is 4.98 Å². The van der Waals surface area contributed by atoms with Gasteiger partial charge in [-0.2, -0.15) is 0 Å². The van der Waals surface area contributed by atoms with E-state index in [9.17, 15) is 0 Å². The molecular weight excluding hydrogens is 192 g/mol. The minimum absolute atomic E-state index is 0.764. The zero-order valence-corrected chi connectivity index (χ0v) is 9.06. The van der Waals surface area contributed by atoms with Crippen LogP contribution in [-0.4, -0.2) is 4.98 Å². The van der Waals surface area contributed by atoms with Crippen molar-refractivity contribution in [3.05, 3.63) is 35.5 Å². The van der Waals surface area contributed by atoms with Gasteiger partial charge in [-0.3, -0.25) is 0 Å². The van der Waals surface area contributed by atoms with Crippen LogP contribution in [0.4, 0.5) is 5.00 Å². The molecule has 1 heterocycles. The molecule has 0 radical (unpaired) electrons. The molecule has 1 aromatic carbocycles. The first-order valence-corrected chi connectivity index (χ1v) is 5.27. The van der Waals surface area contributed by atoms with Crippen LogP contribution in [0.5, 0.6) is 0 Å². The second-order valence-electron chi connectivity index (χ2n) is 3.39. The van der Waals surface area contributed by atoms with Gasteiger partial charge in [0.2, 0.25) is 0 Å². The topological polar surface area (TPSA) is 38.9 Å². The molecule has 3 heteroatoms. The predicted molar refractivity (Wildman–Crippen MR) is 61.4 cm³/mol. The molecule has 0 saturated heterocycles. The minimum atomic E-state index is 0.764. The lowest BCUT2D eigenvalue weighted by Gasteiger charge is -2.02. The maximum atomic E-state index is 5.65. The summed E-state index contributed by atoms with van der Waals surface area (Å²) in [5.41, 5.74) is 9.35. The van der Waals surface area contributed by atoms with Gasteiger partial charge in [-0.25, -0.2) is 4.98 Å². The number of aryl methyl sites for hydroxylation is 2. The third-order valence-corrected chi connectivity index (χ3v) is 3.00. The van der Waals surface area contributed by atoms with E-state index in [1.165, 1.54) is 28.0 Å². The number of aromatic nitrogens is 1. The number of hydrogen-bond donors (Lipinski definition) is 1. The van der Waals surface area contributed by atoms with Gasteiger partial charge < -0.3 is 5.73 Å². The van der Waals surface area contributed by atoms with Gasteiger partial charge in [0.15, 0.2) is 0 Å². The summed E-state index contributed by atoms with van der Waals surface area (Å²) >= 11 is 1.53. The quantitative estimate of drug-likeness (QED) is 0.775. The van der Waals surface area contributed by atoms with Crippen molar-refractivity contribution in [2.24, 2.45) is 0 Å². The van der Waals surface area contributed by atoms with Crippen LogP contribution in [0, 0.1) is 13.8 Å². The van der Waals surface area contributed by atoms with E-state index < -0.39 is 0 Å². The van der Waals surface area contributed by atoms with Crippen LogP contribution >= 0.6 is 11.3 Å². The number of hydrogen-bond acceptors (Lipinski definition) is 3. The molecule has 2 rings (SSSR count). The Morgan fingerprint density at radius 1 is 1.29 bits per heavy atom. The summed E-state index contributed by atoms with van der Waals surface area (Å²) in [5.74, 6) is 0. The zero-order chi connectivity index (χ0) is 10.1. The van der Waals surface area contributed by atoms with Crippen LogP contribution in [0.15, 0.2) is 24.4 Å². The molecular formula is C11H12N2S. The molecule has 0 bridgehead atoms. The van der Waals surface area contributed by atoms with Crippen molar-refractivity contribution < 1.29 is 0 Å². The van der Waals surface area contributed by atoms with Crippen molar-refractivity contribution in [1.29, 1.82) is 0 Å². The molecule has 0 aliphatic heterocycles. The van der Waals surface area contributed by atoms with E-state index in [1.54, 1.807) is 6.20 Å². The van der Waals surface area contributed by atoms with Crippen molar-refractivity contribution in [2.45, 2.75) is 13.8 Å². The van der Waals surface area contributed by atoms with Crippen LogP contribution in [-0.2, 0) is 0 Å². The molecule has 0 aliphatic rings. The summed E-state index contributed by atoms with van der Waals surface area (Å²) in [5, 5.41) is 1.76. The summed E-state index contributed by atoms with van der Waals surface area (Å²) in [4.78, 5) is 4.27. The average molecular weight is 204 g/mol. The maximum Gasteiger partial charge on any atom is 0.125 e. The molecule has 0 spiro atoms. The normalized spacial score (nSPS) is 10.4. The van der Waals surface area contributed by atoms with Gasteiger partial charge in [-0.1, -0.05) is 35.1 Å². The van der Waals surface area contributed by atoms with E-state index in [0.29, 0.717) is 0 Å². The maximum absolute atomic E-state index is 5.65. The van der Waals surface area contributed by atoms with E-state index in [-0.39, 0.29) is 0 Å².